The average molecular weight is 423 g/mol. The van der Waals surface area contributed by atoms with Crippen molar-refractivity contribution in [3.8, 4) is 11.3 Å². The topological polar surface area (TPSA) is 146 Å². The van der Waals surface area contributed by atoms with E-state index in [1.165, 1.54) is 16.3 Å². The largest absolute Gasteiger partial charge is 0.364 e. The van der Waals surface area contributed by atoms with Crippen molar-refractivity contribution in [2.45, 2.75) is 13.0 Å². The third kappa shape index (κ3) is 3.78. The molecule has 1 aliphatic rings. The molecule has 3 heterocycles. The number of nitrogens with two attached hydrogens (primary N) is 1. The Balaban J connectivity index is 1.49. The molecule has 3 amide bonds. The smallest absolute Gasteiger partial charge is 0.294 e. The minimum atomic E-state index is -0.717. The molecule has 3 aromatic rings. The van der Waals surface area contributed by atoms with Crippen molar-refractivity contribution in [2.75, 3.05) is 10.3 Å². The highest BCUT2D eigenvalue weighted by Gasteiger charge is 2.31. The van der Waals surface area contributed by atoms with Gasteiger partial charge in [-0.2, -0.15) is 0 Å². The molecule has 11 heteroatoms. The summed E-state index contributed by atoms with van der Waals surface area (Å²) >= 11 is 1.22. The molecule has 1 unspecified atom stereocenters. The average Bonchev–Trinajstić information content (AvgIpc) is 3.40. The van der Waals surface area contributed by atoms with E-state index in [-0.39, 0.29) is 17.4 Å². The number of primary amides is 1. The van der Waals surface area contributed by atoms with Gasteiger partial charge in [0.2, 0.25) is 5.84 Å². The van der Waals surface area contributed by atoms with Crippen LogP contribution < -0.4 is 21.5 Å². The lowest BCUT2D eigenvalue weighted by molar-refractivity contribution is -0.120. The number of hydrogen-bond donors (Lipinski definition) is 4. The molecule has 30 heavy (non-hydrogen) atoms. The summed E-state index contributed by atoms with van der Waals surface area (Å²) in [4.78, 5) is 47.6. The van der Waals surface area contributed by atoms with E-state index in [2.05, 4.69) is 25.7 Å². The Hall–Kier alpha value is -3.99. The first kappa shape index (κ1) is 19.3. The molecule has 0 aliphatic carbocycles. The number of nitrogens with zero attached hydrogens (tertiary/aromatic N) is 3. The molecule has 1 aromatic carbocycles. The van der Waals surface area contributed by atoms with Gasteiger partial charge in [0.15, 0.2) is 5.13 Å². The van der Waals surface area contributed by atoms with Crippen molar-refractivity contribution in [3.05, 3.63) is 53.7 Å². The minimum absolute atomic E-state index is 0.000335. The molecule has 152 valence electrons. The number of aromatic amines is 1. The maximum atomic E-state index is 12.7. The lowest BCUT2D eigenvalue weighted by atomic mass is 10.2. The summed E-state index contributed by atoms with van der Waals surface area (Å²) in [7, 11) is 0. The van der Waals surface area contributed by atoms with Gasteiger partial charge in [0.25, 0.3) is 17.7 Å². The molecule has 2 aromatic heterocycles. The van der Waals surface area contributed by atoms with Crippen LogP contribution in [0.5, 0.6) is 0 Å². The summed E-state index contributed by atoms with van der Waals surface area (Å²) < 4.78 is 0. The normalized spacial score (nSPS) is 16.0. The highest BCUT2D eigenvalue weighted by atomic mass is 32.1. The van der Waals surface area contributed by atoms with Crippen LogP contribution in [0, 0.1) is 0 Å². The maximum Gasteiger partial charge on any atom is 0.294 e. The fourth-order valence-electron chi connectivity index (χ4n) is 2.81. The van der Waals surface area contributed by atoms with Gasteiger partial charge in [0.1, 0.15) is 11.7 Å². The van der Waals surface area contributed by atoms with E-state index in [9.17, 15) is 14.4 Å². The number of anilines is 2. The Kier molecular flexibility index (Phi) is 5.02. The van der Waals surface area contributed by atoms with Crippen molar-refractivity contribution in [3.63, 3.8) is 0 Å². The molecule has 1 aliphatic heterocycles. The van der Waals surface area contributed by atoms with E-state index in [1.54, 1.807) is 48.8 Å². The predicted molar refractivity (Wildman–Crippen MR) is 113 cm³/mol. The Morgan fingerprint density at radius 2 is 2.03 bits per heavy atom. The van der Waals surface area contributed by atoms with Crippen LogP contribution in [0.2, 0.25) is 0 Å². The molecule has 0 saturated heterocycles. The van der Waals surface area contributed by atoms with Crippen LogP contribution >= 0.6 is 11.3 Å². The van der Waals surface area contributed by atoms with Crippen LogP contribution in [0.4, 0.5) is 10.8 Å². The molecule has 4 rings (SSSR count). The number of hydrazine groups is 1. The lowest BCUT2D eigenvalue weighted by Gasteiger charge is -2.30. The molecule has 10 nitrogen and oxygen atoms in total. The van der Waals surface area contributed by atoms with Crippen LogP contribution in [-0.2, 0) is 9.59 Å². The standard InChI is InChI=1S/C19H17N7O3S/c1-10-18(29)26(12-5-3-2-4-6-12)25-16(22-10)17(28)24-19-23-14(9-30-19)11-7-13(15(20)27)21-8-11/h2-10,21H,1H3,(H2,20,27)(H,22,25)(H,23,24,28). The molecule has 0 bridgehead atoms. The number of H-pyrrole nitrogens is 1. The number of amides is 3. The van der Waals surface area contributed by atoms with E-state index < -0.39 is 17.9 Å². The van der Waals surface area contributed by atoms with Gasteiger partial charge >= 0.3 is 0 Å². The number of aromatic nitrogens is 2. The summed E-state index contributed by atoms with van der Waals surface area (Å²) in [6.45, 7) is 1.62. The zero-order valence-electron chi connectivity index (χ0n) is 15.7. The van der Waals surface area contributed by atoms with E-state index in [0.29, 0.717) is 22.1 Å². The van der Waals surface area contributed by atoms with Crippen LogP contribution in [-0.4, -0.2) is 39.6 Å². The first-order chi connectivity index (χ1) is 14.4. The number of hydrogen-bond acceptors (Lipinski definition) is 7. The van der Waals surface area contributed by atoms with E-state index in [4.69, 9.17) is 5.73 Å². The highest BCUT2D eigenvalue weighted by molar-refractivity contribution is 7.14. The summed E-state index contributed by atoms with van der Waals surface area (Å²) in [5, 5.41) is 6.05. The Morgan fingerprint density at radius 3 is 2.73 bits per heavy atom. The SMILES string of the molecule is CC1N=C(C(=O)Nc2nc(-c3c[nH]c(C(N)=O)c3)cs2)NN(c2ccccc2)C1=O. The molecule has 0 spiro atoms. The van der Waals surface area contributed by atoms with Gasteiger partial charge in [-0.3, -0.25) is 25.1 Å². The van der Waals surface area contributed by atoms with Crippen molar-refractivity contribution in [1.82, 2.24) is 15.4 Å². The zero-order chi connectivity index (χ0) is 21.3. The van der Waals surface area contributed by atoms with Gasteiger partial charge in [0.05, 0.1) is 11.4 Å². The van der Waals surface area contributed by atoms with E-state index in [1.807, 2.05) is 6.07 Å². The number of amidine groups is 1. The van der Waals surface area contributed by atoms with Crippen LogP contribution in [0.1, 0.15) is 17.4 Å². The Bertz CT molecular complexity index is 1150. The van der Waals surface area contributed by atoms with Gasteiger partial charge in [0, 0.05) is 17.1 Å². The van der Waals surface area contributed by atoms with Gasteiger partial charge in [-0.25, -0.2) is 15.0 Å². The molecular formula is C19H17N7O3S. The number of carbonyl (C=O) groups excluding carboxylic acids is 3. The van der Waals surface area contributed by atoms with Crippen molar-refractivity contribution >= 4 is 45.7 Å². The third-order valence-electron chi connectivity index (χ3n) is 4.32. The third-order valence-corrected chi connectivity index (χ3v) is 5.07. The molecule has 0 radical (unpaired) electrons. The molecular weight excluding hydrogens is 406 g/mol. The fraction of sp³-hybridized carbons (Fsp3) is 0.105. The van der Waals surface area contributed by atoms with Crippen LogP contribution in [0.25, 0.3) is 11.3 Å². The Morgan fingerprint density at radius 1 is 1.27 bits per heavy atom. The number of rotatable bonds is 5. The summed E-state index contributed by atoms with van der Waals surface area (Å²) in [5.74, 6) is -1.37. The summed E-state index contributed by atoms with van der Waals surface area (Å²) in [6, 6.07) is 9.79. The van der Waals surface area contributed by atoms with Crippen molar-refractivity contribution < 1.29 is 14.4 Å². The number of nitrogens with one attached hydrogen (secondary N) is 3. The predicted octanol–water partition coefficient (Wildman–Crippen LogP) is 1.51. The molecule has 0 saturated carbocycles. The van der Waals surface area contributed by atoms with Gasteiger partial charge in [-0.05, 0) is 25.1 Å². The van der Waals surface area contributed by atoms with Crippen LogP contribution in [0.15, 0.2) is 53.0 Å². The Labute approximate surface area is 174 Å². The van der Waals surface area contributed by atoms with Gasteiger partial charge in [-0.1, -0.05) is 18.2 Å². The van der Waals surface area contributed by atoms with E-state index >= 15 is 0 Å². The quantitative estimate of drug-likeness (QED) is 0.491. The number of para-hydroxylation sites is 1. The summed E-state index contributed by atoms with van der Waals surface area (Å²) in [5.41, 5.74) is 10.1. The maximum absolute atomic E-state index is 12.7. The first-order valence-electron chi connectivity index (χ1n) is 8.91. The second-order valence-corrected chi connectivity index (χ2v) is 7.29. The zero-order valence-corrected chi connectivity index (χ0v) is 16.6. The first-order valence-corrected chi connectivity index (χ1v) is 9.79. The molecule has 5 N–H and O–H groups in total. The van der Waals surface area contributed by atoms with Gasteiger partial charge in [-0.15, -0.1) is 11.3 Å². The number of aliphatic imine (C=N–C) groups is 1. The monoisotopic (exact) mass is 423 g/mol. The van der Waals surface area contributed by atoms with Gasteiger partial charge < -0.3 is 10.7 Å². The minimum Gasteiger partial charge on any atom is -0.364 e. The highest BCUT2D eigenvalue weighted by Crippen LogP contribution is 2.25. The molecule has 0 fully saturated rings. The van der Waals surface area contributed by atoms with E-state index in [0.717, 1.165) is 0 Å². The second kappa shape index (κ2) is 7.79. The van der Waals surface area contributed by atoms with Crippen LogP contribution in [0.3, 0.4) is 0 Å². The lowest BCUT2D eigenvalue weighted by Crippen LogP contribution is -2.57. The van der Waals surface area contributed by atoms with Crippen molar-refractivity contribution in [1.29, 1.82) is 0 Å². The second-order valence-electron chi connectivity index (χ2n) is 6.43. The summed E-state index contributed by atoms with van der Waals surface area (Å²) in [6.07, 6.45) is 1.61. The number of thiazole rings is 1. The molecule has 1 atom stereocenters. The fourth-order valence-corrected chi connectivity index (χ4v) is 3.52. The van der Waals surface area contributed by atoms with Crippen molar-refractivity contribution in [2.24, 2.45) is 10.7 Å². The number of benzene rings is 1. The number of carbonyl (C=O) groups is 3.